The maximum atomic E-state index is 13.1. The number of aryl methyl sites for hydroxylation is 1. The van der Waals surface area contributed by atoms with Gasteiger partial charge >= 0.3 is 6.16 Å². The Hall–Kier alpha value is -3.95. The summed E-state index contributed by atoms with van der Waals surface area (Å²) >= 11 is 0. The molecule has 2 heterocycles. The van der Waals surface area contributed by atoms with Crippen molar-refractivity contribution in [3.05, 3.63) is 53.6 Å². The summed E-state index contributed by atoms with van der Waals surface area (Å²) in [7, 11) is 3.21. The van der Waals surface area contributed by atoms with Gasteiger partial charge in [-0.1, -0.05) is 45.9 Å². The van der Waals surface area contributed by atoms with E-state index in [1.54, 1.807) is 18.7 Å². The number of carbonyl (C=O) groups is 2. The Morgan fingerprint density at radius 2 is 1.86 bits per heavy atom. The Balaban J connectivity index is 1.81. The summed E-state index contributed by atoms with van der Waals surface area (Å²) in [5.41, 5.74) is 2.01. The maximum absolute atomic E-state index is 13.1. The molecule has 1 N–H and O–H groups in total. The number of carbonyl (C=O) groups excluding carboxylic acids is 2. The third-order valence-electron chi connectivity index (χ3n) is 5.35. The van der Waals surface area contributed by atoms with E-state index in [-0.39, 0.29) is 29.7 Å². The van der Waals surface area contributed by atoms with E-state index in [1.807, 2.05) is 26.0 Å². The second-order valence-electron chi connectivity index (χ2n) is 9.14. The second kappa shape index (κ2) is 11.7. The van der Waals surface area contributed by atoms with Gasteiger partial charge in [-0.25, -0.2) is 19.4 Å². The van der Waals surface area contributed by atoms with Crippen molar-refractivity contribution in [2.45, 2.75) is 46.6 Å². The molecule has 10 heteroatoms. The summed E-state index contributed by atoms with van der Waals surface area (Å²) in [5, 5.41) is 7.32. The summed E-state index contributed by atoms with van der Waals surface area (Å²) < 4.78 is 17.3. The number of aromatic nitrogens is 4. The summed E-state index contributed by atoms with van der Waals surface area (Å²) in [4.78, 5) is 34.1. The second-order valence-corrected chi connectivity index (χ2v) is 9.14. The van der Waals surface area contributed by atoms with E-state index in [9.17, 15) is 9.59 Å². The van der Waals surface area contributed by atoms with Crippen molar-refractivity contribution >= 4 is 12.1 Å². The number of hydrogen-bond donors (Lipinski definition) is 1. The maximum Gasteiger partial charge on any atom is 0.514 e. The van der Waals surface area contributed by atoms with Crippen LogP contribution in [0.4, 0.5) is 4.79 Å². The first-order chi connectivity index (χ1) is 17.1. The van der Waals surface area contributed by atoms with E-state index in [4.69, 9.17) is 14.2 Å². The smallest absolute Gasteiger partial charge is 0.493 e. The zero-order chi connectivity index (χ0) is 26.4. The molecule has 3 rings (SSSR count). The first-order valence-electron chi connectivity index (χ1n) is 11.8. The van der Waals surface area contributed by atoms with Crippen molar-refractivity contribution in [1.29, 1.82) is 0 Å². The van der Waals surface area contributed by atoms with Gasteiger partial charge in [-0.2, -0.15) is 5.10 Å². The molecule has 0 radical (unpaired) electrons. The Kier molecular flexibility index (Phi) is 8.63. The standard InChI is InChI=1S/C26H33N5O5/c1-15(2)14-35-26(33)36-22-20(34-7)11-12-27-21(22)25(32)28-17(5)23-29-24(31(6)30-23)19-10-8-9-18(13-19)16(3)4/h8-13,15-17H,14H2,1-7H3,(H,28,32)/t17-/m0/s1. The number of pyridine rings is 1. The van der Waals surface area contributed by atoms with Gasteiger partial charge in [-0.15, -0.1) is 0 Å². The predicted octanol–water partition coefficient (Wildman–Crippen LogP) is 4.67. The van der Waals surface area contributed by atoms with Crippen LogP contribution < -0.4 is 14.8 Å². The largest absolute Gasteiger partial charge is 0.514 e. The van der Waals surface area contributed by atoms with E-state index < -0.39 is 18.1 Å². The lowest BCUT2D eigenvalue weighted by molar-refractivity contribution is 0.0852. The zero-order valence-electron chi connectivity index (χ0n) is 21.7. The number of nitrogens with zero attached hydrogens (tertiary/aromatic N) is 4. The van der Waals surface area contributed by atoms with Gasteiger partial charge in [0.2, 0.25) is 5.75 Å². The molecule has 0 unspecified atom stereocenters. The van der Waals surface area contributed by atoms with Gasteiger partial charge in [0.25, 0.3) is 5.91 Å². The molecule has 36 heavy (non-hydrogen) atoms. The van der Waals surface area contributed by atoms with Gasteiger partial charge in [-0.3, -0.25) is 4.79 Å². The average Bonchev–Trinajstić information content (AvgIpc) is 3.24. The number of ether oxygens (including phenoxy) is 3. The van der Waals surface area contributed by atoms with E-state index in [0.29, 0.717) is 17.6 Å². The topological polar surface area (TPSA) is 117 Å². The van der Waals surface area contributed by atoms with Crippen molar-refractivity contribution in [3.8, 4) is 22.9 Å². The Morgan fingerprint density at radius 3 is 2.53 bits per heavy atom. The van der Waals surface area contributed by atoms with Crippen molar-refractivity contribution in [2.24, 2.45) is 13.0 Å². The van der Waals surface area contributed by atoms with Gasteiger partial charge in [0.1, 0.15) is 0 Å². The first-order valence-corrected chi connectivity index (χ1v) is 11.8. The molecule has 1 atom stereocenters. The highest BCUT2D eigenvalue weighted by atomic mass is 16.7. The fourth-order valence-corrected chi connectivity index (χ4v) is 3.40. The van der Waals surface area contributed by atoms with Gasteiger partial charge < -0.3 is 19.5 Å². The lowest BCUT2D eigenvalue weighted by Gasteiger charge is -2.15. The van der Waals surface area contributed by atoms with Crippen LogP contribution in [0.15, 0.2) is 36.5 Å². The van der Waals surface area contributed by atoms with E-state index in [1.165, 1.54) is 24.9 Å². The third-order valence-corrected chi connectivity index (χ3v) is 5.35. The van der Waals surface area contributed by atoms with Gasteiger partial charge in [0, 0.05) is 24.9 Å². The molecule has 0 saturated carbocycles. The molecule has 0 saturated heterocycles. The van der Waals surface area contributed by atoms with Crippen LogP contribution in [-0.4, -0.2) is 45.5 Å². The fourth-order valence-electron chi connectivity index (χ4n) is 3.40. The molecule has 0 aliphatic rings. The lowest BCUT2D eigenvalue weighted by Crippen LogP contribution is -2.29. The molecule has 0 fully saturated rings. The van der Waals surface area contributed by atoms with Crippen LogP contribution in [0.5, 0.6) is 11.5 Å². The van der Waals surface area contributed by atoms with Crippen LogP contribution in [0.2, 0.25) is 0 Å². The monoisotopic (exact) mass is 495 g/mol. The molecule has 192 valence electrons. The number of nitrogens with one attached hydrogen (secondary N) is 1. The Bertz CT molecular complexity index is 1220. The van der Waals surface area contributed by atoms with Crippen molar-refractivity contribution in [2.75, 3.05) is 13.7 Å². The normalized spacial score (nSPS) is 11.9. The molecule has 1 aromatic carbocycles. The molecule has 10 nitrogen and oxygen atoms in total. The first kappa shape index (κ1) is 26.7. The highest BCUT2D eigenvalue weighted by molar-refractivity contribution is 5.96. The summed E-state index contributed by atoms with van der Waals surface area (Å²) in [5.74, 6) is 1.09. The fraction of sp³-hybridized carbons (Fsp3) is 0.423. The minimum atomic E-state index is -0.947. The van der Waals surface area contributed by atoms with Crippen LogP contribution in [0.3, 0.4) is 0 Å². The minimum Gasteiger partial charge on any atom is -0.493 e. The number of methoxy groups -OCH3 is 1. The molecule has 0 aliphatic carbocycles. The molecule has 1 amide bonds. The molecule has 2 aromatic heterocycles. The van der Waals surface area contributed by atoms with E-state index >= 15 is 0 Å². The van der Waals surface area contributed by atoms with Crippen molar-refractivity contribution < 1.29 is 23.8 Å². The van der Waals surface area contributed by atoms with Crippen LogP contribution in [0, 0.1) is 5.92 Å². The van der Waals surface area contributed by atoms with Gasteiger partial charge in [0.05, 0.1) is 19.8 Å². The average molecular weight is 496 g/mol. The summed E-state index contributed by atoms with van der Waals surface area (Å²) in [6.07, 6.45) is 0.445. The predicted molar refractivity (Wildman–Crippen MR) is 134 cm³/mol. The number of benzene rings is 1. The SMILES string of the molecule is COc1ccnc(C(=O)N[C@@H](C)c2nc(-c3cccc(C(C)C)c3)n(C)n2)c1OC(=O)OCC(C)C. The molecular weight excluding hydrogens is 462 g/mol. The zero-order valence-corrected chi connectivity index (χ0v) is 21.7. The highest BCUT2D eigenvalue weighted by Gasteiger charge is 2.25. The van der Waals surface area contributed by atoms with E-state index in [0.717, 1.165) is 5.56 Å². The van der Waals surface area contributed by atoms with Gasteiger partial charge in [0.15, 0.2) is 23.1 Å². The number of rotatable bonds is 9. The summed E-state index contributed by atoms with van der Waals surface area (Å²) in [6, 6.07) is 9.07. The number of amides is 1. The van der Waals surface area contributed by atoms with Crippen molar-refractivity contribution in [1.82, 2.24) is 25.1 Å². The van der Waals surface area contributed by atoms with Crippen LogP contribution in [0.25, 0.3) is 11.4 Å². The minimum absolute atomic E-state index is 0.122. The Labute approximate surface area is 211 Å². The van der Waals surface area contributed by atoms with Crippen LogP contribution in [0.1, 0.15) is 68.5 Å². The van der Waals surface area contributed by atoms with Crippen LogP contribution in [-0.2, 0) is 11.8 Å². The molecule has 0 aliphatic heterocycles. The van der Waals surface area contributed by atoms with Crippen LogP contribution >= 0.6 is 0 Å². The van der Waals surface area contributed by atoms with E-state index in [2.05, 4.69) is 46.4 Å². The molecule has 3 aromatic rings. The van der Waals surface area contributed by atoms with Crippen molar-refractivity contribution in [3.63, 3.8) is 0 Å². The quantitative estimate of drug-likeness (QED) is 0.426. The third kappa shape index (κ3) is 6.38. The lowest BCUT2D eigenvalue weighted by atomic mass is 10.0. The molecule has 0 spiro atoms. The van der Waals surface area contributed by atoms with Gasteiger partial charge in [-0.05, 0) is 30.4 Å². The molecule has 0 bridgehead atoms. The summed E-state index contributed by atoms with van der Waals surface area (Å²) in [6.45, 7) is 10.0. The Morgan fingerprint density at radius 1 is 1.11 bits per heavy atom. The highest BCUT2D eigenvalue weighted by Crippen LogP contribution is 2.30. The molecular formula is C26H33N5O5. The number of hydrogen-bond acceptors (Lipinski definition) is 8.